The van der Waals surface area contributed by atoms with Gasteiger partial charge in [0.1, 0.15) is 0 Å². The van der Waals surface area contributed by atoms with E-state index in [-0.39, 0.29) is 0 Å². The Morgan fingerprint density at radius 3 is 1.33 bits per heavy atom. The molecule has 0 saturated carbocycles. The first kappa shape index (κ1) is 27.0. The van der Waals surface area contributed by atoms with Crippen LogP contribution in [0.15, 0.2) is 0 Å². The Bertz CT molecular complexity index is 237. The summed E-state index contributed by atoms with van der Waals surface area (Å²) in [6.07, 6.45) is 14.9. The molecule has 0 aromatic heterocycles. The summed E-state index contributed by atoms with van der Waals surface area (Å²) in [5.41, 5.74) is 0. The van der Waals surface area contributed by atoms with Crippen LogP contribution < -0.4 is 0 Å². The van der Waals surface area contributed by atoms with E-state index in [0.29, 0.717) is 13.2 Å². The second-order valence-electron chi connectivity index (χ2n) is 5.72. The van der Waals surface area contributed by atoms with Crippen molar-refractivity contribution in [3.05, 3.63) is 0 Å². The van der Waals surface area contributed by atoms with Crippen LogP contribution in [-0.4, -0.2) is 25.5 Å². The summed E-state index contributed by atoms with van der Waals surface area (Å²) < 4.78 is 33.8. The van der Waals surface area contributed by atoms with Gasteiger partial charge in [-0.05, 0) is 12.8 Å². The predicted octanol–water partition coefficient (Wildman–Crippen LogP) is 4.72. The van der Waals surface area contributed by atoms with E-state index in [1.165, 1.54) is 64.2 Å². The number of hydrogen-bond donors (Lipinski definition) is 3. The fourth-order valence-electron chi connectivity index (χ4n) is 2.09. The third kappa shape index (κ3) is 30.6. The standard InChI is InChI=1S/C16H35O3P.2H2O.O.Ti/c1-3-5-7-9-11-13-15-18-20(17)19-16-14-12-10-8-6-4-2;;;;/h17H,3-16H2,1-2H3;2*1H2;;/q;;;;+2/p-2. The van der Waals surface area contributed by atoms with Crippen LogP contribution in [-0.2, 0) is 31.0 Å². The average Bonchev–Trinajstić information content (AvgIpc) is 2.52. The molecule has 0 bridgehead atoms. The van der Waals surface area contributed by atoms with E-state index >= 15 is 0 Å². The predicted molar refractivity (Wildman–Crippen MR) is 92.9 cm³/mol. The van der Waals surface area contributed by atoms with Crippen LogP contribution in [0.5, 0.6) is 0 Å². The first-order valence-corrected chi connectivity index (χ1v) is 12.4. The maximum absolute atomic E-state index is 9.55. The molecule has 0 radical (unpaired) electrons. The van der Waals surface area contributed by atoms with Crippen molar-refractivity contribution >= 4 is 8.60 Å². The van der Waals surface area contributed by atoms with Gasteiger partial charge in [0, 0.05) is 0 Å². The van der Waals surface area contributed by atoms with Crippen LogP contribution >= 0.6 is 8.60 Å². The van der Waals surface area contributed by atoms with E-state index in [1.54, 1.807) is 0 Å². The van der Waals surface area contributed by atoms with Crippen molar-refractivity contribution in [3.63, 3.8) is 0 Å². The van der Waals surface area contributed by atoms with Crippen molar-refractivity contribution < 1.29 is 43.3 Å². The molecule has 0 unspecified atom stereocenters. The Morgan fingerprint density at radius 2 is 1.00 bits per heavy atom. The molecule has 8 heteroatoms. The monoisotopic (exact) mass is 404 g/mol. The number of rotatable bonds is 16. The van der Waals surface area contributed by atoms with Gasteiger partial charge in [0.15, 0.2) is 0 Å². The Kier molecular flexibility index (Phi) is 26.7. The molecule has 0 spiro atoms. The van der Waals surface area contributed by atoms with Crippen molar-refractivity contribution in [1.82, 2.24) is 0 Å². The molecular weight excluding hydrogens is 367 g/mol. The topological polar surface area (TPSA) is 96.2 Å². The molecular formula is C16H37O6PTi. The summed E-state index contributed by atoms with van der Waals surface area (Å²) in [4.78, 5) is 9.55. The van der Waals surface area contributed by atoms with Crippen LogP contribution in [0.4, 0.5) is 0 Å². The molecule has 6 nitrogen and oxygen atoms in total. The number of unbranched alkanes of at least 4 members (excludes halogenated alkanes) is 10. The maximum atomic E-state index is 9.55. The molecule has 0 atom stereocenters. The Labute approximate surface area is 156 Å². The van der Waals surface area contributed by atoms with E-state index in [2.05, 4.69) is 13.8 Å². The molecule has 146 valence electrons. The zero-order valence-corrected chi connectivity index (χ0v) is 17.9. The zero-order chi connectivity index (χ0) is 18.5. The summed E-state index contributed by atoms with van der Waals surface area (Å²) in [5, 5.41) is 0. The zero-order valence-electron chi connectivity index (χ0n) is 15.4. The summed E-state index contributed by atoms with van der Waals surface area (Å²) in [7, 11) is -1.64. The minimum atomic E-state index is -3.58. The molecule has 0 aliphatic rings. The van der Waals surface area contributed by atoms with Crippen molar-refractivity contribution in [2.75, 3.05) is 13.2 Å². The summed E-state index contributed by atoms with van der Waals surface area (Å²) in [5.74, 6) is 0. The molecule has 0 amide bonds. The third-order valence-corrected chi connectivity index (χ3v) is 4.21. The van der Waals surface area contributed by atoms with Gasteiger partial charge >= 0.3 is 37.9 Å². The Hall–Kier alpha value is 0.744. The quantitative estimate of drug-likeness (QED) is 0.196. The van der Waals surface area contributed by atoms with Crippen LogP contribution in [0.3, 0.4) is 0 Å². The van der Waals surface area contributed by atoms with Gasteiger partial charge in [-0.3, -0.25) is 0 Å². The van der Waals surface area contributed by atoms with E-state index < -0.39 is 27.2 Å². The van der Waals surface area contributed by atoms with Gasteiger partial charge in [-0.25, -0.2) is 0 Å². The normalized spacial score (nSPS) is 10.6. The molecule has 0 aromatic rings. The molecule has 0 rings (SSSR count). The van der Waals surface area contributed by atoms with Gasteiger partial charge in [0.2, 0.25) is 0 Å². The van der Waals surface area contributed by atoms with Crippen molar-refractivity contribution in [2.45, 2.75) is 90.9 Å². The van der Waals surface area contributed by atoms with E-state index in [0.717, 1.165) is 12.8 Å². The molecule has 0 aliphatic carbocycles. The van der Waals surface area contributed by atoms with Crippen molar-refractivity contribution in [3.8, 4) is 0 Å². The molecule has 0 fully saturated rings. The van der Waals surface area contributed by atoms with Crippen LogP contribution in [0.1, 0.15) is 90.9 Å². The minimum absolute atomic E-state index is 0.630. The second kappa shape index (κ2) is 23.7. The van der Waals surface area contributed by atoms with Crippen LogP contribution in [0.25, 0.3) is 0 Å². The van der Waals surface area contributed by atoms with E-state index in [1.807, 2.05) is 0 Å². The molecule has 0 heterocycles. The fraction of sp³-hybridized carbons (Fsp3) is 1.00. The second-order valence-corrected chi connectivity index (χ2v) is 7.60. The summed E-state index contributed by atoms with van der Waals surface area (Å²) >= 11 is -3.58. The number of hydrogen-bond acceptors (Lipinski definition) is 4. The van der Waals surface area contributed by atoms with Crippen LogP contribution in [0.2, 0.25) is 0 Å². The SMILES string of the molecule is CCCCCCCCOP(O)OCCCCCCCC.[O]=[Ti]([OH])[OH]. The first-order chi connectivity index (χ1) is 11.5. The van der Waals surface area contributed by atoms with Crippen molar-refractivity contribution in [2.24, 2.45) is 0 Å². The average molecular weight is 404 g/mol. The van der Waals surface area contributed by atoms with Gasteiger partial charge in [-0.1, -0.05) is 78.1 Å². The van der Waals surface area contributed by atoms with Gasteiger partial charge in [-0.2, -0.15) is 0 Å². The fourth-order valence-corrected chi connectivity index (χ4v) is 2.73. The van der Waals surface area contributed by atoms with E-state index in [9.17, 15) is 4.89 Å². The molecule has 0 saturated heterocycles. The van der Waals surface area contributed by atoms with Crippen LogP contribution in [0, 0.1) is 0 Å². The van der Waals surface area contributed by atoms with Gasteiger partial charge < -0.3 is 13.9 Å². The molecule has 0 aromatic carbocycles. The summed E-state index contributed by atoms with van der Waals surface area (Å²) in [6.45, 7) is 5.71. The molecule has 0 aliphatic heterocycles. The van der Waals surface area contributed by atoms with Crippen molar-refractivity contribution in [1.29, 1.82) is 0 Å². The Morgan fingerprint density at radius 1 is 0.708 bits per heavy atom. The molecule has 3 N–H and O–H groups in total. The summed E-state index contributed by atoms with van der Waals surface area (Å²) in [6, 6.07) is 0. The van der Waals surface area contributed by atoms with Gasteiger partial charge in [0.25, 0.3) is 0 Å². The Balaban J connectivity index is 0. The molecule has 24 heavy (non-hydrogen) atoms. The van der Waals surface area contributed by atoms with Gasteiger partial charge in [-0.15, -0.1) is 0 Å². The first-order valence-electron chi connectivity index (χ1n) is 9.21. The third-order valence-electron chi connectivity index (χ3n) is 3.40. The van der Waals surface area contributed by atoms with Gasteiger partial charge in [0.05, 0.1) is 13.2 Å². The van der Waals surface area contributed by atoms with E-state index in [4.69, 9.17) is 19.7 Å².